The Hall–Kier alpha value is -5.71. The van der Waals surface area contributed by atoms with Crippen LogP contribution in [0.15, 0.2) is 75.4 Å². The Balaban J connectivity index is 1.30. The average molecular weight is 753 g/mol. The Morgan fingerprint density at radius 1 is 1.00 bits per heavy atom. The summed E-state index contributed by atoms with van der Waals surface area (Å²) in [7, 11) is -2.95. The van der Waals surface area contributed by atoms with Gasteiger partial charge >= 0.3 is 11.7 Å². The highest BCUT2D eigenvalue weighted by atomic mass is 32.2. The number of rotatable bonds is 12. The third-order valence-corrected chi connectivity index (χ3v) is 9.93. The molecule has 53 heavy (non-hydrogen) atoms. The summed E-state index contributed by atoms with van der Waals surface area (Å²) < 4.78 is 65.9. The number of ether oxygens (including phenoxy) is 1. The van der Waals surface area contributed by atoms with E-state index in [9.17, 15) is 32.4 Å². The van der Waals surface area contributed by atoms with Crippen molar-refractivity contribution in [1.29, 1.82) is 0 Å². The number of pyridine rings is 1. The van der Waals surface area contributed by atoms with E-state index in [4.69, 9.17) is 4.74 Å². The van der Waals surface area contributed by atoms with Gasteiger partial charge in [-0.25, -0.2) is 36.3 Å². The Morgan fingerprint density at radius 2 is 1.68 bits per heavy atom. The summed E-state index contributed by atoms with van der Waals surface area (Å²) in [6, 6.07) is 7.58. The maximum Gasteiger partial charge on any atom is 0.336 e. The number of nitrogens with one attached hydrogen (secondary N) is 3. The molecule has 0 aliphatic heterocycles. The number of aromatic nitrogens is 3. The Bertz CT molecular complexity index is 2230. The van der Waals surface area contributed by atoms with E-state index in [0.29, 0.717) is 28.9 Å². The topological polar surface area (TPSA) is 188 Å². The Morgan fingerprint density at radius 3 is 2.30 bits per heavy atom. The molecule has 280 valence electrons. The molecule has 1 fully saturated rings. The van der Waals surface area contributed by atoms with Gasteiger partial charge in [-0.1, -0.05) is 18.9 Å². The smallest absolute Gasteiger partial charge is 0.336 e. The number of carbonyl (C=O) groups excluding carboxylic acids is 3. The van der Waals surface area contributed by atoms with Crippen LogP contribution in [0.5, 0.6) is 0 Å². The van der Waals surface area contributed by atoms with Crippen LogP contribution >= 0.6 is 0 Å². The van der Waals surface area contributed by atoms with Gasteiger partial charge in [0.1, 0.15) is 23.5 Å². The molecule has 0 saturated heterocycles. The normalized spacial score (nSPS) is 13.8. The molecule has 1 saturated carbocycles. The highest BCUT2D eigenvalue weighted by Crippen LogP contribution is 2.27. The second-order valence-electron chi connectivity index (χ2n) is 13.0. The predicted molar refractivity (Wildman–Crippen MR) is 190 cm³/mol. The lowest BCUT2D eigenvalue weighted by Crippen LogP contribution is -2.44. The summed E-state index contributed by atoms with van der Waals surface area (Å²) >= 11 is 0. The first-order valence-electron chi connectivity index (χ1n) is 16.7. The summed E-state index contributed by atoms with van der Waals surface area (Å²) in [5.41, 5.74) is -1.75. The van der Waals surface area contributed by atoms with Crippen LogP contribution < -0.4 is 26.6 Å². The van der Waals surface area contributed by atoms with E-state index >= 15 is 8.78 Å². The molecule has 0 unspecified atom stereocenters. The predicted octanol–water partition coefficient (Wildman–Crippen LogP) is 3.74. The van der Waals surface area contributed by atoms with Gasteiger partial charge in [-0.2, -0.15) is 0 Å². The zero-order valence-corrected chi connectivity index (χ0v) is 30.1. The molecule has 14 nitrogen and oxygen atoms in total. The first-order valence-corrected chi connectivity index (χ1v) is 18.2. The van der Waals surface area contributed by atoms with Gasteiger partial charge in [0.05, 0.1) is 22.3 Å². The molecule has 0 spiro atoms. The van der Waals surface area contributed by atoms with Crippen LogP contribution in [-0.2, 0) is 37.8 Å². The number of hydrogen-bond acceptors (Lipinski definition) is 9. The number of amides is 2. The second-order valence-corrected chi connectivity index (χ2v) is 14.7. The quantitative estimate of drug-likeness (QED) is 0.181. The lowest BCUT2D eigenvalue weighted by molar-refractivity contribution is -0.149. The van der Waals surface area contributed by atoms with Gasteiger partial charge in [0, 0.05) is 49.1 Å². The van der Waals surface area contributed by atoms with E-state index < -0.39 is 68.2 Å². The van der Waals surface area contributed by atoms with Crippen LogP contribution in [0, 0.1) is 24.5 Å². The maximum atomic E-state index is 15.3. The number of benzene rings is 2. The van der Waals surface area contributed by atoms with E-state index in [1.807, 2.05) is 4.72 Å². The van der Waals surface area contributed by atoms with Gasteiger partial charge in [0.25, 0.3) is 21.5 Å². The van der Waals surface area contributed by atoms with Crippen molar-refractivity contribution in [2.24, 2.45) is 13.0 Å². The molecule has 2 aromatic heterocycles. The van der Waals surface area contributed by atoms with Crippen molar-refractivity contribution in [3.8, 4) is 5.82 Å². The van der Waals surface area contributed by atoms with Crippen LogP contribution in [0.4, 0.5) is 20.2 Å². The molecule has 2 aromatic carbocycles. The molecule has 3 N–H and O–H groups in total. The number of halogens is 2. The van der Waals surface area contributed by atoms with Crippen LogP contribution in [0.2, 0.25) is 0 Å². The van der Waals surface area contributed by atoms with E-state index in [0.717, 1.165) is 30.3 Å². The summed E-state index contributed by atoms with van der Waals surface area (Å²) in [6.07, 6.45) is 5.36. The standard InChI is InChI=1S/C36H38F2N6O8S/c1-20(2)52-35(48)30(15-22-9-14-31(39-18-22)44-34(47)21(3)19-43(4)36(44)49)41-33(46)26-16-28(38)29(17-27(26)37)42-53(50,51)25-12-10-24(11-13-25)40-32(45)23-7-5-6-8-23/h9-14,16-20,23,30,42H,5-8,15H2,1-4H3,(H,40,45)(H,41,46)/t30-/m0/s1. The fraction of sp³-hybridized carbons (Fsp3) is 0.333. The maximum absolute atomic E-state index is 15.3. The lowest BCUT2D eigenvalue weighted by atomic mass is 10.1. The van der Waals surface area contributed by atoms with Crippen molar-refractivity contribution >= 4 is 39.2 Å². The molecule has 0 bridgehead atoms. The first-order chi connectivity index (χ1) is 25.0. The number of esters is 1. The minimum Gasteiger partial charge on any atom is -0.461 e. The number of carbonyl (C=O) groups is 3. The summed E-state index contributed by atoms with van der Waals surface area (Å²) in [4.78, 5) is 67.7. The molecule has 5 rings (SSSR count). The SMILES string of the molecule is Cc1cn(C)c(=O)n(-c2ccc(C[C@H](NC(=O)c3cc(F)c(NS(=O)(=O)c4ccc(NC(=O)C5CCCC5)cc4)cc3F)C(=O)OC(C)C)cn2)c1=O. The minimum atomic E-state index is -4.43. The van der Waals surface area contributed by atoms with E-state index in [1.165, 1.54) is 60.4 Å². The van der Waals surface area contributed by atoms with Gasteiger partial charge in [0.15, 0.2) is 0 Å². The van der Waals surface area contributed by atoms with Crippen molar-refractivity contribution in [3.05, 3.63) is 110 Å². The number of nitrogens with zero attached hydrogens (tertiary/aromatic N) is 3. The van der Waals surface area contributed by atoms with E-state index in [-0.39, 0.29) is 29.0 Å². The van der Waals surface area contributed by atoms with Gasteiger partial charge < -0.3 is 19.9 Å². The third-order valence-electron chi connectivity index (χ3n) is 8.54. The van der Waals surface area contributed by atoms with Crippen molar-refractivity contribution < 1.29 is 36.3 Å². The molecular formula is C36H38F2N6O8S. The number of aryl methyl sites for hydroxylation is 2. The van der Waals surface area contributed by atoms with E-state index in [2.05, 4.69) is 15.6 Å². The zero-order chi connectivity index (χ0) is 38.6. The van der Waals surface area contributed by atoms with Gasteiger partial charge in [-0.15, -0.1) is 0 Å². The summed E-state index contributed by atoms with van der Waals surface area (Å²) in [5, 5.41) is 5.09. The van der Waals surface area contributed by atoms with Crippen LogP contribution in [-0.4, -0.2) is 52.5 Å². The number of hydrogen-bond donors (Lipinski definition) is 3. The minimum absolute atomic E-state index is 0.0155. The molecule has 1 aliphatic carbocycles. The van der Waals surface area contributed by atoms with Crippen molar-refractivity contribution in [2.45, 2.75) is 69.9 Å². The zero-order valence-electron chi connectivity index (χ0n) is 29.3. The Kier molecular flexibility index (Phi) is 11.6. The van der Waals surface area contributed by atoms with Crippen molar-refractivity contribution in [1.82, 2.24) is 19.4 Å². The molecule has 1 atom stereocenters. The highest BCUT2D eigenvalue weighted by molar-refractivity contribution is 7.92. The highest BCUT2D eigenvalue weighted by Gasteiger charge is 2.28. The molecule has 0 radical (unpaired) electrons. The molecule has 17 heteroatoms. The van der Waals surface area contributed by atoms with Crippen LogP contribution in [0.25, 0.3) is 5.82 Å². The Labute approximate surface area is 303 Å². The first kappa shape index (κ1) is 38.5. The fourth-order valence-corrected chi connectivity index (χ4v) is 6.88. The number of sulfonamides is 1. The number of anilines is 2. The lowest BCUT2D eigenvalue weighted by Gasteiger charge is -2.20. The van der Waals surface area contributed by atoms with Crippen molar-refractivity contribution in [3.63, 3.8) is 0 Å². The summed E-state index contributed by atoms with van der Waals surface area (Å²) in [5.74, 6) is -4.90. The third kappa shape index (κ3) is 9.03. The van der Waals surface area contributed by atoms with Crippen LogP contribution in [0.3, 0.4) is 0 Å². The van der Waals surface area contributed by atoms with Gasteiger partial charge in [-0.3, -0.25) is 19.1 Å². The molecule has 2 heterocycles. The van der Waals surface area contributed by atoms with E-state index in [1.54, 1.807) is 20.8 Å². The van der Waals surface area contributed by atoms with Gasteiger partial charge in [0.2, 0.25) is 5.91 Å². The van der Waals surface area contributed by atoms with Crippen molar-refractivity contribution in [2.75, 3.05) is 10.0 Å². The molecule has 4 aromatic rings. The fourth-order valence-electron chi connectivity index (χ4n) is 5.83. The van der Waals surface area contributed by atoms with Gasteiger partial charge in [-0.05, 0) is 75.6 Å². The average Bonchev–Trinajstić information content (AvgIpc) is 3.65. The summed E-state index contributed by atoms with van der Waals surface area (Å²) in [6.45, 7) is 4.69. The van der Waals surface area contributed by atoms with Crippen LogP contribution in [0.1, 0.15) is 61.0 Å². The largest absolute Gasteiger partial charge is 0.461 e. The molecule has 2 amide bonds. The monoisotopic (exact) mass is 752 g/mol. The molecular weight excluding hydrogens is 714 g/mol. The second kappa shape index (κ2) is 15.9. The molecule has 1 aliphatic rings.